The largest absolute Gasteiger partial charge is 0.416 e. The summed E-state index contributed by atoms with van der Waals surface area (Å²) < 4.78 is 44.3. The Hall–Kier alpha value is -1.14. The van der Waals surface area contributed by atoms with Gasteiger partial charge in [0.2, 0.25) is 0 Å². The maximum Gasteiger partial charge on any atom is 0.416 e. The topological polar surface area (TPSA) is 34.1 Å². The monoisotopic (exact) mass is 276 g/mol. The van der Waals surface area contributed by atoms with Gasteiger partial charge in [0.25, 0.3) is 0 Å². The summed E-state index contributed by atoms with van der Waals surface area (Å²) >= 11 is 0. The van der Waals surface area contributed by atoms with Gasteiger partial charge in [-0.3, -0.25) is 4.98 Å². The summed E-state index contributed by atoms with van der Waals surface area (Å²) in [5.41, 5.74) is -0.989. The number of aromatic nitrogens is 1. The van der Waals surface area contributed by atoms with Gasteiger partial charge in [-0.25, -0.2) is 0 Å². The molecule has 0 amide bonds. The van der Waals surface area contributed by atoms with Crippen molar-refractivity contribution in [2.75, 3.05) is 13.7 Å². The van der Waals surface area contributed by atoms with Crippen LogP contribution >= 0.6 is 0 Å². The summed E-state index contributed by atoms with van der Waals surface area (Å²) in [6.07, 6.45) is -2.02. The first-order valence-corrected chi connectivity index (χ1v) is 5.97. The third-order valence-corrected chi connectivity index (χ3v) is 2.56. The number of ether oxygens (including phenoxy) is 1. The van der Waals surface area contributed by atoms with Gasteiger partial charge in [-0.2, -0.15) is 13.2 Å². The maximum absolute atomic E-state index is 12.9. The van der Waals surface area contributed by atoms with Crippen LogP contribution in [0.5, 0.6) is 0 Å². The molecule has 0 aliphatic carbocycles. The van der Waals surface area contributed by atoms with Gasteiger partial charge in [-0.05, 0) is 33.9 Å². The Balaban J connectivity index is 2.99. The number of nitrogens with one attached hydrogen (secondary N) is 1. The normalized spacial score (nSPS) is 14.5. The van der Waals surface area contributed by atoms with E-state index in [1.807, 2.05) is 20.8 Å². The van der Waals surface area contributed by atoms with Crippen molar-refractivity contribution in [3.8, 4) is 0 Å². The summed E-state index contributed by atoms with van der Waals surface area (Å²) in [7, 11) is 1.60. The first kappa shape index (κ1) is 15.9. The highest BCUT2D eigenvalue weighted by atomic mass is 19.4. The van der Waals surface area contributed by atoms with Crippen LogP contribution in [0.25, 0.3) is 0 Å². The van der Waals surface area contributed by atoms with Crippen LogP contribution in [-0.2, 0) is 10.9 Å². The van der Waals surface area contributed by atoms with Crippen LogP contribution in [-0.4, -0.2) is 24.2 Å². The van der Waals surface area contributed by atoms with Crippen LogP contribution in [0.4, 0.5) is 13.2 Å². The Morgan fingerprint density at radius 1 is 1.32 bits per heavy atom. The fraction of sp³-hybridized carbons (Fsp3) is 0.615. The number of rotatable bonds is 4. The Morgan fingerprint density at radius 3 is 2.42 bits per heavy atom. The molecule has 0 aliphatic rings. The average molecular weight is 276 g/mol. The number of halogens is 3. The van der Waals surface area contributed by atoms with E-state index in [0.29, 0.717) is 0 Å². The van der Waals surface area contributed by atoms with E-state index >= 15 is 0 Å². The summed E-state index contributed by atoms with van der Waals surface area (Å²) in [6, 6.07) is 0.432. The first-order valence-electron chi connectivity index (χ1n) is 5.97. The van der Waals surface area contributed by atoms with Gasteiger partial charge in [0.1, 0.15) is 0 Å². The molecule has 0 saturated heterocycles. The third kappa shape index (κ3) is 4.80. The molecule has 6 heteroatoms. The molecule has 0 aromatic carbocycles. The van der Waals surface area contributed by atoms with Crippen LogP contribution in [0.2, 0.25) is 0 Å². The molecule has 0 saturated carbocycles. The number of hydrogen-bond acceptors (Lipinski definition) is 3. The number of likely N-dealkylation sites (N-methyl/N-ethyl adjacent to an activating group) is 1. The van der Waals surface area contributed by atoms with Crippen molar-refractivity contribution in [3.63, 3.8) is 0 Å². The molecule has 1 atom stereocenters. The molecular formula is C13H19F3N2O. The molecule has 1 rings (SSSR count). The lowest BCUT2D eigenvalue weighted by Crippen LogP contribution is -2.30. The molecule has 1 unspecified atom stereocenters. The van der Waals surface area contributed by atoms with Crippen molar-refractivity contribution in [3.05, 3.63) is 29.6 Å². The van der Waals surface area contributed by atoms with E-state index in [-0.39, 0.29) is 12.2 Å². The lowest BCUT2D eigenvalue weighted by molar-refractivity contribution is -0.138. The zero-order valence-corrected chi connectivity index (χ0v) is 11.5. The molecule has 19 heavy (non-hydrogen) atoms. The highest BCUT2D eigenvalue weighted by Crippen LogP contribution is 2.34. The van der Waals surface area contributed by atoms with Crippen molar-refractivity contribution in [1.29, 1.82) is 0 Å². The van der Waals surface area contributed by atoms with Crippen molar-refractivity contribution in [2.45, 2.75) is 38.6 Å². The Bertz CT molecular complexity index is 413. The van der Waals surface area contributed by atoms with Gasteiger partial charge in [0.05, 0.1) is 23.8 Å². The fourth-order valence-corrected chi connectivity index (χ4v) is 1.60. The molecule has 0 radical (unpaired) electrons. The van der Waals surface area contributed by atoms with E-state index in [1.165, 1.54) is 6.20 Å². The van der Waals surface area contributed by atoms with E-state index in [4.69, 9.17) is 4.74 Å². The standard InChI is InChI=1S/C13H19F3N2O/c1-12(2,3)19-8-11(17-4)9-7-18-6-5-10(9)13(14,15)16/h5-7,11,17H,8H2,1-4H3. The number of hydrogen-bond donors (Lipinski definition) is 1. The third-order valence-electron chi connectivity index (χ3n) is 2.56. The van der Waals surface area contributed by atoms with E-state index in [1.54, 1.807) is 7.05 Å². The molecular weight excluding hydrogens is 257 g/mol. The molecule has 3 nitrogen and oxygen atoms in total. The number of nitrogens with zero attached hydrogens (tertiary/aromatic N) is 1. The Labute approximate surface area is 111 Å². The second kappa shape index (κ2) is 5.88. The first-order chi connectivity index (χ1) is 8.65. The molecule has 1 aromatic heterocycles. The quantitative estimate of drug-likeness (QED) is 0.917. The van der Waals surface area contributed by atoms with Crippen molar-refractivity contribution < 1.29 is 17.9 Å². The van der Waals surface area contributed by atoms with Crippen LogP contribution in [0.3, 0.4) is 0 Å². The highest BCUT2D eigenvalue weighted by molar-refractivity contribution is 5.29. The molecule has 0 aliphatic heterocycles. The van der Waals surface area contributed by atoms with Crippen LogP contribution < -0.4 is 5.32 Å². The van der Waals surface area contributed by atoms with E-state index in [2.05, 4.69) is 10.3 Å². The smallest absolute Gasteiger partial charge is 0.374 e. The summed E-state index contributed by atoms with van der Waals surface area (Å²) in [5.74, 6) is 0. The zero-order valence-electron chi connectivity index (χ0n) is 11.5. The predicted octanol–water partition coefficient (Wildman–Crippen LogP) is 3.18. The molecule has 0 fully saturated rings. The van der Waals surface area contributed by atoms with Crippen LogP contribution in [0.15, 0.2) is 18.5 Å². The van der Waals surface area contributed by atoms with Gasteiger partial charge in [-0.1, -0.05) is 0 Å². The summed E-state index contributed by atoms with van der Waals surface area (Å²) in [6.45, 7) is 5.71. The van der Waals surface area contributed by atoms with Crippen molar-refractivity contribution in [1.82, 2.24) is 10.3 Å². The molecule has 0 bridgehead atoms. The minimum Gasteiger partial charge on any atom is -0.374 e. The second-order valence-corrected chi connectivity index (χ2v) is 5.23. The summed E-state index contributed by atoms with van der Waals surface area (Å²) in [4.78, 5) is 3.78. The van der Waals surface area contributed by atoms with Gasteiger partial charge < -0.3 is 10.1 Å². The van der Waals surface area contributed by atoms with Crippen molar-refractivity contribution in [2.24, 2.45) is 0 Å². The van der Waals surface area contributed by atoms with Crippen LogP contribution in [0.1, 0.15) is 37.9 Å². The zero-order chi connectivity index (χ0) is 14.7. The molecule has 108 valence electrons. The number of pyridine rings is 1. The van der Waals surface area contributed by atoms with Crippen LogP contribution in [0, 0.1) is 0 Å². The summed E-state index contributed by atoms with van der Waals surface area (Å²) in [5, 5.41) is 2.84. The predicted molar refractivity (Wildman–Crippen MR) is 66.7 cm³/mol. The SMILES string of the molecule is CNC(COC(C)(C)C)c1cnccc1C(F)(F)F. The average Bonchev–Trinajstić information content (AvgIpc) is 2.27. The number of alkyl halides is 3. The van der Waals surface area contributed by atoms with Gasteiger partial charge >= 0.3 is 6.18 Å². The Morgan fingerprint density at radius 2 is 1.95 bits per heavy atom. The Kier molecular flexibility index (Phi) is 4.92. The van der Waals surface area contributed by atoms with E-state index in [0.717, 1.165) is 12.3 Å². The van der Waals surface area contributed by atoms with E-state index < -0.39 is 23.4 Å². The minimum absolute atomic E-state index is 0.0988. The maximum atomic E-state index is 12.9. The fourth-order valence-electron chi connectivity index (χ4n) is 1.60. The van der Waals surface area contributed by atoms with Gasteiger partial charge in [-0.15, -0.1) is 0 Å². The molecule has 1 heterocycles. The van der Waals surface area contributed by atoms with Crippen molar-refractivity contribution >= 4 is 0 Å². The van der Waals surface area contributed by atoms with E-state index in [9.17, 15) is 13.2 Å². The van der Waals surface area contributed by atoms with Gasteiger partial charge in [0, 0.05) is 18.0 Å². The second-order valence-electron chi connectivity index (χ2n) is 5.23. The molecule has 1 aromatic rings. The highest BCUT2D eigenvalue weighted by Gasteiger charge is 2.35. The molecule has 1 N–H and O–H groups in total. The van der Waals surface area contributed by atoms with Gasteiger partial charge in [0.15, 0.2) is 0 Å². The minimum atomic E-state index is -4.39. The lowest BCUT2D eigenvalue weighted by Gasteiger charge is -2.26. The lowest BCUT2D eigenvalue weighted by atomic mass is 10.0. The molecule has 0 spiro atoms.